The summed E-state index contributed by atoms with van der Waals surface area (Å²) in [4.78, 5) is 0. The molecule has 0 atom stereocenters. The predicted molar refractivity (Wildman–Crippen MR) is 66.3 cm³/mol. The topological polar surface area (TPSA) is 43.8 Å². The molecule has 0 aliphatic carbocycles. The molecule has 0 radical (unpaired) electrons. The Balaban J connectivity index is 2.52. The smallest absolute Gasteiger partial charge is 0.330 e. The Bertz CT molecular complexity index is 578. The minimum Gasteiger partial charge on any atom is -0.330 e. The van der Waals surface area contributed by atoms with Crippen molar-refractivity contribution in [1.29, 1.82) is 0 Å². The lowest BCUT2D eigenvalue weighted by atomic mass is 10.2. The van der Waals surface area contributed by atoms with Crippen molar-refractivity contribution in [3.63, 3.8) is 0 Å². The minimum atomic E-state index is -4.48. The molecule has 2 rings (SSSR count). The molecule has 2 N–H and O–H groups in total. The molecule has 0 aliphatic heterocycles. The number of alkyl halides is 3. The van der Waals surface area contributed by atoms with Gasteiger partial charge in [0.05, 0.1) is 5.69 Å². The van der Waals surface area contributed by atoms with Crippen LogP contribution in [0, 0.1) is 0 Å². The quantitative estimate of drug-likeness (QED) is 0.944. The average Bonchev–Trinajstić information content (AvgIpc) is 2.73. The molecule has 19 heavy (non-hydrogen) atoms. The average molecular weight is 290 g/mol. The van der Waals surface area contributed by atoms with Crippen molar-refractivity contribution in [3.05, 3.63) is 46.7 Å². The van der Waals surface area contributed by atoms with E-state index in [0.717, 1.165) is 6.07 Å². The summed E-state index contributed by atoms with van der Waals surface area (Å²) < 4.78 is 39.3. The van der Waals surface area contributed by atoms with E-state index >= 15 is 0 Å². The van der Waals surface area contributed by atoms with Crippen LogP contribution in [0.3, 0.4) is 0 Å². The van der Waals surface area contributed by atoms with Gasteiger partial charge >= 0.3 is 6.18 Å². The van der Waals surface area contributed by atoms with E-state index in [4.69, 9.17) is 17.3 Å². The highest BCUT2D eigenvalue weighted by Crippen LogP contribution is 2.30. The van der Waals surface area contributed by atoms with E-state index in [-0.39, 0.29) is 6.54 Å². The highest BCUT2D eigenvalue weighted by molar-refractivity contribution is 6.30. The van der Waals surface area contributed by atoms with Crippen molar-refractivity contribution in [2.45, 2.75) is 12.6 Å². The Kier molecular flexibility index (Phi) is 3.82. The first-order chi connectivity index (χ1) is 8.91. The van der Waals surface area contributed by atoms with Gasteiger partial charge in [-0.05, 0) is 30.8 Å². The van der Waals surface area contributed by atoms with E-state index in [2.05, 4.69) is 5.10 Å². The summed E-state index contributed by atoms with van der Waals surface area (Å²) in [5.74, 6) is 0. The molecular weight excluding hydrogens is 279 g/mol. The molecule has 1 heterocycles. The molecule has 0 fully saturated rings. The van der Waals surface area contributed by atoms with E-state index in [0.29, 0.717) is 22.8 Å². The fourth-order valence-electron chi connectivity index (χ4n) is 1.72. The van der Waals surface area contributed by atoms with Gasteiger partial charge < -0.3 is 5.73 Å². The lowest BCUT2D eigenvalue weighted by Gasteiger charge is -2.06. The summed E-state index contributed by atoms with van der Waals surface area (Å²) >= 11 is 5.83. The van der Waals surface area contributed by atoms with Gasteiger partial charge in [-0.1, -0.05) is 17.7 Å². The maximum Gasteiger partial charge on any atom is 0.435 e. The lowest BCUT2D eigenvalue weighted by molar-refractivity contribution is -0.141. The molecule has 1 aromatic heterocycles. The van der Waals surface area contributed by atoms with Crippen molar-refractivity contribution >= 4 is 11.6 Å². The van der Waals surface area contributed by atoms with Crippen LogP contribution in [0.15, 0.2) is 30.3 Å². The molecule has 0 saturated carbocycles. The van der Waals surface area contributed by atoms with Crippen molar-refractivity contribution in [3.8, 4) is 5.69 Å². The van der Waals surface area contributed by atoms with Crippen LogP contribution in [0.2, 0.25) is 5.02 Å². The molecule has 7 heteroatoms. The van der Waals surface area contributed by atoms with E-state index < -0.39 is 11.9 Å². The zero-order valence-corrected chi connectivity index (χ0v) is 10.5. The number of nitrogens with two attached hydrogens (primary N) is 1. The van der Waals surface area contributed by atoms with Crippen LogP contribution in [0.25, 0.3) is 5.69 Å². The highest BCUT2D eigenvalue weighted by atomic mass is 35.5. The summed E-state index contributed by atoms with van der Waals surface area (Å²) in [5.41, 5.74) is 5.35. The van der Waals surface area contributed by atoms with Crippen LogP contribution in [-0.4, -0.2) is 16.3 Å². The van der Waals surface area contributed by atoms with Gasteiger partial charge in [-0.25, -0.2) is 4.68 Å². The molecule has 0 spiro atoms. The molecule has 0 aliphatic rings. The number of rotatable bonds is 3. The van der Waals surface area contributed by atoms with Gasteiger partial charge in [0.15, 0.2) is 5.69 Å². The predicted octanol–water partition coefficient (Wildman–Crippen LogP) is 3.05. The monoisotopic (exact) mass is 289 g/mol. The van der Waals surface area contributed by atoms with Gasteiger partial charge in [-0.15, -0.1) is 0 Å². The fourth-order valence-corrected chi connectivity index (χ4v) is 1.90. The molecule has 0 saturated heterocycles. The SMILES string of the molecule is NCCc1cc(C(F)(F)F)nn1-c1cccc(Cl)c1. The summed E-state index contributed by atoms with van der Waals surface area (Å²) in [6.45, 7) is 0.240. The lowest BCUT2D eigenvalue weighted by Crippen LogP contribution is -2.09. The summed E-state index contributed by atoms with van der Waals surface area (Å²) in [6.07, 6.45) is -4.18. The molecule has 1 aromatic carbocycles. The first-order valence-electron chi connectivity index (χ1n) is 5.54. The first-order valence-corrected chi connectivity index (χ1v) is 5.92. The van der Waals surface area contributed by atoms with Gasteiger partial charge in [-0.2, -0.15) is 18.3 Å². The van der Waals surface area contributed by atoms with Crippen LogP contribution in [-0.2, 0) is 12.6 Å². The van der Waals surface area contributed by atoms with E-state index in [1.807, 2.05) is 0 Å². The third kappa shape index (κ3) is 3.08. The maximum atomic E-state index is 12.7. The van der Waals surface area contributed by atoms with Crippen LogP contribution in [0.5, 0.6) is 0 Å². The van der Waals surface area contributed by atoms with Crippen molar-refractivity contribution in [2.75, 3.05) is 6.54 Å². The number of hydrogen-bond donors (Lipinski definition) is 1. The second-order valence-electron chi connectivity index (χ2n) is 3.95. The van der Waals surface area contributed by atoms with Gasteiger partial charge in [0.2, 0.25) is 0 Å². The van der Waals surface area contributed by atoms with E-state index in [9.17, 15) is 13.2 Å². The zero-order valence-electron chi connectivity index (χ0n) is 9.78. The standard InChI is InChI=1S/C12H11ClF3N3/c13-8-2-1-3-9(6-8)19-10(4-5-17)7-11(18-19)12(14,15)16/h1-3,6-7H,4-5,17H2. The Labute approximate surface area is 112 Å². The molecule has 2 aromatic rings. The summed E-state index contributed by atoms with van der Waals surface area (Å²) in [7, 11) is 0. The second kappa shape index (κ2) is 5.22. The zero-order chi connectivity index (χ0) is 14.0. The van der Waals surface area contributed by atoms with Crippen LogP contribution >= 0.6 is 11.6 Å². The number of benzene rings is 1. The summed E-state index contributed by atoms with van der Waals surface area (Å²) in [5, 5.41) is 4.02. The van der Waals surface area contributed by atoms with Gasteiger partial charge in [0.1, 0.15) is 0 Å². The Morgan fingerprint density at radius 2 is 2.00 bits per heavy atom. The van der Waals surface area contributed by atoms with Gasteiger partial charge in [0, 0.05) is 17.1 Å². The van der Waals surface area contributed by atoms with Gasteiger partial charge in [-0.3, -0.25) is 0 Å². The summed E-state index contributed by atoms with van der Waals surface area (Å²) in [6, 6.07) is 7.49. The molecule has 0 amide bonds. The van der Waals surface area contributed by atoms with Crippen molar-refractivity contribution in [2.24, 2.45) is 5.73 Å². The van der Waals surface area contributed by atoms with E-state index in [1.54, 1.807) is 24.3 Å². The largest absolute Gasteiger partial charge is 0.435 e. The molecule has 3 nitrogen and oxygen atoms in total. The van der Waals surface area contributed by atoms with Crippen molar-refractivity contribution in [1.82, 2.24) is 9.78 Å². The third-order valence-electron chi connectivity index (χ3n) is 2.53. The molecular formula is C12H11ClF3N3. The first kappa shape index (κ1) is 13.9. The Morgan fingerprint density at radius 3 is 2.58 bits per heavy atom. The second-order valence-corrected chi connectivity index (χ2v) is 4.39. The number of hydrogen-bond acceptors (Lipinski definition) is 2. The molecule has 0 bridgehead atoms. The van der Waals surface area contributed by atoms with Gasteiger partial charge in [0.25, 0.3) is 0 Å². The normalized spacial score (nSPS) is 11.8. The van der Waals surface area contributed by atoms with Crippen molar-refractivity contribution < 1.29 is 13.2 Å². The van der Waals surface area contributed by atoms with E-state index in [1.165, 1.54) is 4.68 Å². The highest BCUT2D eigenvalue weighted by Gasteiger charge is 2.34. The third-order valence-corrected chi connectivity index (χ3v) is 2.76. The maximum absolute atomic E-state index is 12.7. The molecule has 0 unspecified atom stereocenters. The van der Waals surface area contributed by atoms with Crippen LogP contribution in [0.4, 0.5) is 13.2 Å². The number of nitrogens with zero attached hydrogens (tertiary/aromatic N) is 2. The Hall–Kier alpha value is -1.53. The number of halogens is 4. The fraction of sp³-hybridized carbons (Fsp3) is 0.250. The minimum absolute atomic E-state index is 0.240. The Morgan fingerprint density at radius 1 is 1.26 bits per heavy atom. The number of aromatic nitrogens is 2. The molecule has 102 valence electrons. The van der Waals surface area contributed by atoms with Crippen LogP contribution < -0.4 is 5.73 Å². The van der Waals surface area contributed by atoms with Crippen LogP contribution in [0.1, 0.15) is 11.4 Å².